The zero-order chi connectivity index (χ0) is 20.1. The van der Waals surface area contributed by atoms with Gasteiger partial charge in [0.05, 0.1) is 25.5 Å². The van der Waals surface area contributed by atoms with E-state index in [0.717, 1.165) is 39.6 Å². The van der Waals surface area contributed by atoms with Gasteiger partial charge >= 0.3 is 0 Å². The summed E-state index contributed by atoms with van der Waals surface area (Å²) in [7, 11) is 0. The Labute approximate surface area is 169 Å². The average molecular weight is 388 g/mol. The van der Waals surface area contributed by atoms with Crippen LogP contribution in [0.1, 0.15) is 11.1 Å². The van der Waals surface area contributed by atoms with Gasteiger partial charge in [0.2, 0.25) is 0 Å². The molecule has 6 nitrogen and oxygen atoms in total. The summed E-state index contributed by atoms with van der Waals surface area (Å²) in [5.74, 6) is 0.924. The zero-order valence-electron chi connectivity index (χ0n) is 16.3. The van der Waals surface area contributed by atoms with E-state index < -0.39 is 0 Å². The second-order valence-corrected chi connectivity index (χ2v) is 6.83. The van der Waals surface area contributed by atoms with E-state index in [2.05, 4.69) is 64.8 Å². The molecule has 148 valence electrons. The molecule has 2 heterocycles. The van der Waals surface area contributed by atoms with Crippen LogP contribution in [-0.2, 0) is 11.3 Å². The van der Waals surface area contributed by atoms with Crippen LogP contribution >= 0.6 is 0 Å². The summed E-state index contributed by atoms with van der Waals surface area (Å²) in [6, 6.07) is 20.5. The Morgan fingerprint density at radius 2 is 1.97 bits per heavy atom. The first-order valence-corrected chi connectivity index (χ1v) is 9.57. The number of anilines is 2. The zero-order valence-corrected chi connectivity index (χ0v) is 16.3. The lowest BCUT2D eigenvalue weighted by Crippen LogP contribution is -2.00. The smallest absolute Gasteiger partial charge is 0.108 e. The van der Waals surface area contributed by atoms with Crippen LogP contribution in [0.4, 0.5) is 11.5 Å². The largest absolute Gasteiger partial charge is 0.394 e. The van der Waals surface area contributed by atoms with E-state index >= 15 is 0 Å². The van der Waals surface area contributed by atoms with Crippen molar-refractivity contribution in [1.82, 2.24) is 14.8 Å². The summed E-state index contributed by atoms with van der Waals surface area (Å²) in [4.78, 5) is 3.43. The third-order valence-electron chi connectivity index (χ3n) is 4.71. The van der Waals surface area contributed by atoms with Crippen molar-refractivity contribution in [2.24, 2.45) is 0 Å². The first-order valence-electron chi connectivity index (χ1n) is 9.57. The summed E-state index contributed by atoms with van der Waals surface area (Å²) in [6.07, 6.45) is 3.70. The molecule has 0 atom stereocenters. The summed E-state index contributed by atoms with van der Waals surface area (Å²) in [5.41, 5.74) is 6.41. The number of benzene rings is 2. The molecule has 0 bridgehead atoms. The van der Waals surface area contributed by atoms with Gasteiger partial charge in [-0.15, -0.1) is 0 Å². The van der Waals surface area contributed by atoms with E-state index in [0.29, 0.717) is 13.2 Å². The number of aromatic amines is 1. The predicted octanol–water partition coefficient (Wildman–Crippen LogP) is 4.43. The molecule has 0 fully saturated rings. The highest BCUT2D eigenvalue weighted by Gasteiger charge is 2.06. The molecule has 29 heavy (non-hydrogen) atoms. The quantitative estimate of drug-likeness (QED) is 0.390. The predicted molar refractivity (Wildman–Crippen MR) is 115 cm³/mol. The molecule has 0 saturated carbocycles. The molecule has 2 aromatic carbocycles. The highest BCUT2D eigenvalue weighted by Crippen LogP contribution is 2.26. The van der Waals surface area contributed by atoms with Crippen LogP contribution in [0.3, 0.4) is 0 Å². The minimum Gasteiger partial charge on any atom is -0.394 e. The van der Waals surface area contributed by atoms with Crippen molar-refractivity contribution in [1.29, 1.82) is 0 Å². The van der Waals surface area contributed by atoms with Gasteiger partial charge in [0.1, 0.15) is 5.82 Å². The molecule has 0 unspecified atom stereocenters. The Morgan fingerprint density at radius 3 is 2.72 bits per heavy atom. The van der Waals surface area contributed by atoms with Crippen LogP contribution in [0.2, 0.25) is 0 Å². The molecule has 3 N–H and O–H groups in total. The molecule has 0 spiro atoms. The lowest BCUT2D eigenvalue weighted by atomic mass is 10.1. The minimum absolute atomic E-state index is 0.0329. The van der Waals surface area contributed by atoms with Crippen LogP contribution in [0.5, 0.6) is 0 Å². The van der Waals surface area contributed by atoms with Gasteiger partial charge in [0.15, 0.2) is 0 Å². The summed E-state index contributed by atoms with van der Waals surface area (Å²) >= 11 is 0. The molecule has 0 aliphatic carbocycles. The summed E-state index contributed by atoms with van der Waals surface area (Å²) < 4.78 is 7.26. The molecule has 0 saturated heterocycles. The minimum atomic E-state index is 0.0329. The first-order chi connectivity index (χ1) is 14.2. The number of aliphatic hydroxyl groups is 1. The molecule has 0 aliphatic heterocycles. The van der Waals surface area contributed by atoms with E-state index in [1.807, 2.05) is 29.1 Å². The number of ether oxygens (including phenoxy) is 1. The Bertz CT molecular complexity index is 1050. The molecular weight excluding hydrogens is 364 g/mol. The fourth-order valence-corrected chi connectivity index (χ4v) is 3.14. The fraction of sp³-hybridized carbons (Fsp3) is 0.174. The number of rotatable bonds is 8. The van der Waals surface area contributed by atoms with Crippen molar-refractivity contribution in [2.75, 3.05) is 18.5 Å². The first kappa shape index (κ1) is 19.0. The van der Waals surface area contributed by atoms with Crippen molar-refractivity contribution >= 4 is 11.5 Å². The average Bonchev–Trinajstić information content (AvgIpc) is 3.43. The number of aliphatic hydroxyl groups excluding tert-OH is 1. The number of nitrogens with zero attached hydrogens (tertiary/aromatic N) is 2. The van der Waals surface area contributed by atoms with Crippen molar-refractivity contribution < 1.29 is 9.84 Å². The molecular formula is C23H24N4O2. The van der Waals surface area contributed by atoms with Crippen molar-refractivity contribution in [2.45, 2.75) is 13.5 Å². The van der Waals surface area contributed by atoms with Gasteiger partial charge in [0.25, 0.3) is 0 Å². The van der Waals surface area contributed by atoms with Crippen molar-refractivity contribution in [3.8, 4) is 16.9 Å². The van der Waals surface area contributed by atoms with Crippen LogP contribution < -0.4 is 5.32 Å². The molecule has 6 heteroatoms. The SMILES string of the molecule is Cc1ccc(COCCO)cc1Nc1ccc(-c2ccc(-n3cccn3)cc2)[nH]1. The number of aryl methyl sites for hydroxylation is 1. The third kappa shape index (κ3) is 4.56. The third-order valence-corrected chi connectivity index (χ3v) is 4.71. The number of aromatic nitrogens is 3. The van der Waals surface area contributed by atoms with Gasteiger partial charge in [-0.2, -0.15) is 5.10 Å². The Morgan fingerprint density at radius 1 is 1.10 bits per heavy atom. The standard InChI is InChI=1S/C23H24N4O2/c1-17-3-4-18(16-29-14-13-28)15-22(17)26-23-10-9-21(25-23)19-5-7-20(8-6-19)27-12-2-11-24-27/h2-12,15,25-26,28H,13-14,16H2,1H3. The molecule has 4 aromatic rings. The second-order valence-electron chi connectivity index (χ2n) is 6.83. The molecule has 2 aromatic heterocycles. The second kappa shape index (κ2) is 8.77. The van der Waals surface area contributed by atoms with E-state index in [1.54, 1.807) is 6.20 Å². The lowest BCUT2D eigenvalue weighted by molar-refractivity contribution is 0.0816. The Hall–Kier alpha value is -3.35. The van der Waals surface area contributed by atoms with E-state index in [4.69, 9.17) is 9.84 Å². The van der Waals surface area contributed by atoms with Gasteiger partial charge in [-0.1, -0.05) is 24.3 Å². The Balaban J connectivity index is 1.47. The maximum atomic E-state index is 8.85. The molecule has 0 radical (unpaired) electrons. The van der Waals surface area contributed by atoms with E-state index in [9.17, 15) is 0 Å². The van der Waals surface area contributed by atoms with Gasteiger partial charge in [-0.05, 0) is 60.0 Å². The van der Waals surface area contributed by atoms with Gasteiger partial charge in [0, 0.05) is 23.8 Å². The normalized spacial score (nSPS) is 11.0. The topological polar surface area (TPSA) is 75.1 Å². The van der Waals surface area contributed by atoms with Gasteiger partial charge in [-0.25, -0.2) is 4.68 Å². The van der Waals surface area contributed by atoms with E-state index in [1.165, 1.54) is 0 Å². The maximum absolute atomic E-state index is 8.85. The monoisotopic (exact) mass is 388 g/mol. The highest BCUT2D eigenvalue weighted by atomic mass is 16.5. The molecule has 0 amide bonds. The number of H-pyrrole nitrogens is 1. The summed E-state index contributed by atoms with van der Waals surface area (Å²) in [6.45, 7) is 2.92. The number of hydrogen-bond acceptors (Lipinski definition) is 4. The highest BCUT2D eigenvalue weighted by molar-refractivity contribution is 5.68. The molecule has 4 rings (SSSR count). The Kier molecular flexibility index (Phi) is 5.74. The fourth-order valence-electron chi connectivity index (χ4n) is 3.14. The van der Waals surface area contributed by atoms with Gasteiger partial charge < -0.3 is 20.1 Å². The number of hydrogen-bond donors (Lipinski definition) is 3. The van der Waals surface area contributed by atoms with Gasteiger partial charge in [-0.3, -0.25) is 0 Å². The van der Waals surface area contributed by atoms with Crippen molar-refractivity contribution in [3.05, 3.63) is 84.2 Å². The molecule has 0 aliphatic rings. The summed E-state index contributed by atoms with van der Waals surface area (Å²) in [5, 5.41) is 16.6. The van der Waals surface area contributed by atoms with Crippen LogP contribution in [0.25, 0.3) is 16.9 Å². The van der Waals surface area contributed by atoms with Crippen LogP contribution in [-0.4, -0.2) is 33.1 Å². The number of nitrogens with one attached hydrogen (secondary N) is 2. The van der Waals surface area contributed by atoms with Crippen molar-refractivity contribution in [3.63, 3.8) is 0 Å². The maximum Gasteiger partial charge on any atom is 0.108 e. The van der Waals surface area contributed by atoms with Crippen LogP contribution in [0.15, 0.2) is 73.1 Å². The lowest BCUT2D eigenvalue weighted by Gasteiger charge is -2.11. The van der Waals surface area contributed by atoms with Crippen LogP contribution in [0, 0.1) is 6.92 Å². The van der Waals surface area contributed by atoms with E-state index in [-0.39, 0.29) is 6.61 Å².